The summed E-state index contributed by atoms with van der Waals surface area (Å²) in [5, 5.41) is 10.3. The molecule has 1 aromatic carbocycles. The number of benzene rings is 1. The monoisotopic (exact) mass is 328 g/mol. The highest BCUT2D eigenvalue weighted by Crippen LogP contribution is 2.62. The third-order valence-corrected chi connectivity index (χ3v) is 7.19. The molecule has 3 nitrogen and oxygen atoms in total. The second-order valence-corrected chi connectivity index (χ2v) is 8.49. The molecule has 0 amide bonds. The molecule has 1 N–H and O–H groups in total. The van der Waals surface area contributed by atoms with Gasteiger partial charge in [0.15, 0.2) is 0 Å². The average Bonchev–Trinajstić information content (AvgIpc) is 2.83. The lowest BCUT2D eigenvalue weighted by molar-refractivity contribution is -0.154. The van der Waals surface area contributed by atoms with Gasteiger partial charge in [-0.25, -0.2) is 0 Å². The number of esters is 1. The van der Waals surface area contributed by atoms with Gasteiger partial charge in [0, 0.05) is 12.3 Å². The van der Waals surface area contributed by atoms with E-state index >= 15 is 0 Å². The molecule has 3 aliphatic carbocycles. The van der Waals surface area contributed by atoms with Crippen molar-refractivity contribution in [3.8, 4) is 5.75 Å². The molecular weight excluding hydrogens is 300 g/mol. The minimum absolute atomic E-state index is 0.0910. The van der Waals surface area contributed by atoms with E-state index in [1.807, 2.05) is 6.07 Å². The summed E-state index contributed by atoms with van der Waals surface area (Å²) in [6.45, 7) is 5.95. The van der Waals surface area contributed by atoms with Crippen molar-refractivity contribution in [3.05, 3.63) is 28.8 Å². The number of aromatic hydroxyl groups is 1. The van der Waals surface area contributed by atoms with E-state index in [1.54, 1.807) is 0 Å². The molecule has 0 aromatic heterocycles. The van der Waals surface area contributed by atoms with Crippen LogP contribution < -0.4 is 0 Å². The van der Waals surface area contributed by atoms with E-state index in [4.69, 9.17) is 4.74 Å². The maximum atomic E-state index is 11.5. The van der Waals surface area contributed by atoms with Crippen molar-refractivity contribution in [2.45, 2.75) is 71.3 Å². The number of hydrogen-bond donors (Lipinski definition) is 1. The highest BCUT2D eigenvalue weighted by atomic mass is 16.5. The quantitative estimate of drug-likeness (QED) is 0.773. The second-order valence-electron chi connectivity index (χ2n) is 8.49. The molecule has 4 rings (SSSR count). The lowest BCUT2D eigenvalue weighted by atomic mass is 9.55. The fraction of sp³-hybridized carbons (Fsp3) is 0.667. The van der Waals surface area contributed by atoms with Crippen molar-refractivity contribution < 1.29 is 14.6 Å². The Bertz CT molecular complexity index is 680. The molecule has 1 aromatic rings. The topological polar surface area (TPSA) is 46.5 Å². The summed E-state index contributed by atoms with van der Waals surface area (Å²) in [4.78, 5) is 11.5. The fourth-order valence-corrected chi connectivity index (χ4v) is 6.16. The van der Waals surface area contributed by atoms with Crippen LogP contribution in [0.3, 0.4) is 0 Å². The van der Waals surface area contributed by atoms with Crippen molar-refractivity contribution in [2.24, 2.45) is 17.3 Å². The number of ether oxygens (including phenoxy) is 1. The molecule has 0 spiro atoms. The smallest absolute Gasteiger partial charge is 0.302 e. The van der Waals surface area contributed by atoms with Crippen molar-refractivity contribution in [1.29, 1.82) is 0 Å². The molecule has 3 aliphatic rings. The number of fused-ring (bicyclic) bond motifs is 5. The van der Waals surface area contributed by atoms with Crippen LogP contribution in [0.25, 0.3) is 0 Å². The zero-order valence-electron chi connectivity index (χ0n) is 15.0. The van der Waals surface area contributed by atoms with Gasteiger partial charge in [-0.15, -0.1) is 0 Å². The van der Waals surface area contributed by atoms with Gasteiger partial charge in [0.1, 0.15) is 11.9 Å². The Balaban J connectivity index is 1.66. The van der Waals surface area contributed by atoms with Crippen LogP contribution in [-0.2, 0) is 16.0 Å². The zero-order valence-corrected chi connectivity index (χ0v) is 15.0. The van der Waals surface area contributed by atoms with Gasteiger partial charge in [0.25, 0.3) is 0 Å². The van der Waals surface area contributed by atoms with E-state index in [0.29, 0.717) is 23.5 Å². The average molecular weight is 328 g/mol. The number of phenols is 1. The summed E-state index contributed by atoms with van der Waals surface area (Å²) in [5.41, 5.74) is 3.86. The maximum Gasteiger partial charge on any atom is 0.302 e. The standard InChI is InChI=1S/C21H28O3/c1-12-10-17-14-8-9-21(3)18(6-7-20(21)24-13(2)22)15(14)4-5-16(17)19(23)11-12/h10-11,14-15,18,20,23H,4-9H2,1-3H3/t14-,15+,18-,20-,21-/m0/s1. The Morgan fingerprint density at radius 2 is 2.04 bits per heavy atom. The van der Waals surface area contributed by atoms with Crippen LogP contribution in [0.5, 0.6) is 5.75 Å². The van der Waals surface area contributed by atoms with E-state index in [-0.39, 0.29) is 17.5 Å². The molecule has 0 bridgehead atoms. The SMILES string of the molecule is CC(=O)O[C@H]1CC[C@H]2[C@@H]3CCc4c(O)cc(C)cc4[C@H]3CC[C@]12C. The molecule has 0 aliphatic heterocycles. The van der Waals surface area contributed by atoms with Crippen LogP contribution in [0.2, 0.25) is 0 Å². The number of rotatable bonds is 1. The molecule has 0 unspecified atom stereocenters. The molecular formula is C21H28O3. The third-order valence-electron chi connectivity index (χ3n) is 7.19. The molecule has 3 heteroatoms. The van der Waals surface area contributed by atoms with Gasteiger partial charge in [0.05, 0.1) is 0 Å². The summed E-state index contributed by atoms with van der Waals surface area (Å²) < 4.78 is 5.69. The summed E-state index contributed by atoms with van der Waals surface area (Å²) in [5.74, 6) is 2.21. The zero-order chi connectivity index (χ0) is 17.1. The first kappa shape index (κ1) is 16.0. The van der Waals surface area contributed by atoms with E-state index < -0.39 is 0 Å². The first-order valence-electron chi connectivity index (χ1n) is 9.40. The van der Waals surface area contributed by atoms with Gasteiger partial charge in [-0.2, -0.15) is 0 Å². The Morgan fingerprint density at radius 1 is 1.25 bits per heavy atom. The lowest BCUT2D eigenvalue weighted by Crippen LogP contribution is -2.45. The van der Waals surface area contributed by atoms with Gasteiger partial charge >= 0.3 is 5.97 Å². The number of phenolic OH excluding ortho intramolecular Hbond substituents is 1. The number of carbonyl (C=O) groups is 1. The van der Waals surface area contributed by atoms with E-state index in [1.165, 1.54) is 24.5 Å². The van der Waals surface area contributed by atoms with Gasteiger partial charge in [-0.3, -0.25) is 4.79 Å². The summed E-state index contributed by atoms with van der Waals surface area (Å²) >= 11 is 0. The predicted octanol–water partition coefficient (Wildman–Crippen LogP) is 4.49. The summed E-state index contributed by atoms with van der Waals surface area (Å²) in [6, 6.07) is 4.20. The van der Waals surface area contributed by atoms with Gasteiger partial charge in [-0.05, 0) is 86.0 Å². The highest BCUT2D eigenvalue weighted by Gasteiger charge is 2.56. The van der Waals surface area contributed by atoms with Crippen LogP contribution in [0.4, 0.5) is 0 Å². The Hall–Kier alpha value is -1.51. The number of hydrogen-bond acceptors (Lipinski definition) is 3. The summed E-state index contributed by atoms with van der Waals surface area (Å²) in [7, 11) is 0. The first-order chi connectivity index (χ1) is 11.4. The van der Waals surface area contributed by atoms with Crippen LogP contribution in [0.1, 0.15) is 68.6 Å². The third kappa shape index (κ3) is 2.28. The molecule has 0 heterocycles. The number of carbonyl (C=O) groups excluding carboxylic acids is 1. The Labute approximate surface area is 144 Å². The maximum absolute atomic E-state index is 11.5. The van der Waals surface area contributed by atoms with Crippen LogP contribution >= 0.6 is 0 Å². The van der Waals surface area contributed by atoms with Crippen LogP contribution in [-0.4, -0.2) is 17.2 Å². The second kappa shape index (κ2) is 5.50. The van der Waals surface area contributed by atoms with E-state index in [2.05, 4.69) is 19.9 Å². The molecule has 2 fully saturated rings. The first-order valence-corrected chi connectivity index (χ1v) is 9.40. The van der Waals surface area contributed by atoms with Gasteiger partial charge in [0.2, 0.25) is 0 Å². The molecule has 0 saturated heterocycles. The van der Waals surface area contributed by atoms with Crippen LogP contribution in [0.15, 0.2) is 12.1 Å². The molecule has 5 atom stereocenters. The lowest BCUT2D eigenvalue weighted by Gasteiger charge is -2.50. The molecule has 0 radical (unpaired) electrons. The van der Waals surface area contributed by atoms with Gasteiger partial charge < -0.3 is 9.84 Å². The Morgan fingerprint density at radius 3 is 2.79 bits per heavy atom. The minimum Gasteiger partial charge on any atom is -0.508 e. The van der Waals surface area contributed by atoms with Crippen molar-refractivity contribution in [2.75, 3.05) is 0 Å². The highest BCUT2D eigenvalue weighted by molar-refractivity contribution is 5.66. The molecule has 2 saturated carbocycles. The Kier molecular flexibility index (Phi) is 3.67. The van der Waals surface area contributed by atoms with Crippen molar-refractivity contribution >= 4 is 5.97 Å². The molecule has 130 valence electrons. The summed E-state index contributed by atoms with van der Waals surface area (Å²) in [6.07, 6.45) is 6.66. The fourth-order valence-electron chi connectivity index (χ4n) is 6.16. The predicted molar refractivity (Wildman–Crippen MR) is 93.0 cm³/mol. The van der Waals surface area contributed by atoms with Crippen molar-refractivity contribution in [3.63, 3.8) is 0 Å². The van der Waals surface area contributed by atoms with Crippen molar-refractivity contribution in [1.82, 2.24) is 0 Å². The minimum atomic E-state index is -0.140. The van der Waals surface area contributed by atoms with Gasteiger partial charge in [-0.1, -0.05) is 13.0 Å². The largest absolute Gasteiger partial charge is 0.508 e. The molecule has 24 heavy (non-hydrogen) atoms. The normalized spacial score (nSPS) is 37.3. The number of aryl methyl sites for hydroxylation is 1. The van der Waals surface area contributed by atoms with Crippen LogP contribution in [0, 0.1) is 24.2 Å². The van der Waals surface area contributed by atoms with E-state index in [9.17, 15) is 9.90 Å². The van der Waals surface area contributed by atoms with E-state index in [0.717, 1.165) is 37.7 Å².